The quantitative estimate of drug-likeness (QED) is 0.567. The molecule has 1 atom stereocenters. The Hall–Kier alpha value is -3.42. The van der Waals surface area contributed by atoms with Crippen molar-refractivity contribution in [2.75, 3.05) is 56.6 Å². The number of benzene rings is 2. The Bertz CT molecular complexity index is 1280. The number of fused-ring (bicyclic) bond motifs is 2. The van der Waals surface area contributed by atoms with Crippen molar-refractivity contribution in [1.29, 1.82) is 0 Å². The third-order valence-electron chi connectivity index (χ3n) is 7.46. The number of pyridine rings is 1. The van der Waals surface area contributed by atoms with Crippen LogP contribution in [0.1, 0.15) is 11.1 Å². The number of aromatic nitrogens is 1. The van der Waals surface area contributed by atoms with Crippen LogP contribution in [0.15, 0.2) is 55.1 Å². The van der Waals surface area contributed by atoms with Gasteiger partial charge in [0.25, 0.3) is 0 Å². The Morgan fingerprint density at radius 1 is 1.00 bits per heavy atom. The number of anilines is 2. The van der Waals surface area contributed by atoms with Crippen molar-refractivity contribution in [2.45, 2.75) is 12.5 Å². The molecule has 180 valence electrons. The Morgan fingerprint density at radius 3 is 2.69 bits per heavy atom. The second kappa shape index (κ2) is 8.98. The van der Waals surface area contributed by atoms with Gasteiger partial charge in [0.15, 0.2) is 0 Å². The zero-order valence-electron chi connectivity index (χ0n) is 19.8. The van der Waals surface area contributed by atoms with Gasteiger partial charge < -0.3 is 20.7 Å². The molecular formula is C28H30FN5O. The molecule has 6 nitrogen and oxygen atoms in total. The number of ether oxygens (including phenoxy) is 1. The van der Waals surface area contributed by atoms with Crippen LogP contribution in [0.25, 0.3) is 28.0 Å². The van der Waals surface area contributed by atoms with Crippen LogP contribution in [0.2, 0.25) is 0 Å². The number of nitrogen functional groups attached to an aromatic ring is 1. The number of rotatable bonds is 3. The van der Waals surface area contributed by atoms with Crippen molar-refractivity contribution in [3.63, 3.8) is 0 Å². The predicted molar refractivity (Wildman–Crippen MR) is 139 cm³/mol. The Labute approximate surface area is 205 Å². The first-order valence-electron chi connectivity index (χ1n) is 12.3. The standard InChI is InChI=1S/C28H30FN5O/c1-18-24-7-4-20(14-21(24)8-9-31-18)26-15-25(27(29)32-28(26)30)19-2-5-22(6-3-19)34-11-10-33-12-13-35-17-23(33)16-34/h2-7,14-15,23,31H,1,8-13,16-17H2,(H2,30,32). The second-order valence-corrected chi connectivity index (χ2v) is 9.54. The summed E-state index contributed by atoms with van der Waals surface area (Å²) >= 11 is 0. The summed E-state index contributed by atoms with van der Waals surface area (Å²) in [7, 11) is 0. The van der Waals surface area contributed by atoms with Crippen molar-refractivity contribution in [3.8, 4) is 22.3 Å². The van der Waals surface area contributed by atoms with Gasteiger partial charge in [-0.15, -0.1) is 0 Å². The highest BCUT2D eigenvalue weighted by atomic mass is 19.1. The summed E-state index contributed by atoms with van der Waals surface area (Å²) < 4.78 is 20.6. The number of piperazine rings is 1. The first-order chi connectivity index (χ1) is 17.1. The molecule has 0 saturated carbocycles. The van der Waals surface area contributed by atoms with Crippen molar-refractivity contribution < 1.29 is 9.13 Å². The molecule has 3 N–H and O–H groups in total. The van der Waals surface area contributed by atoms with E-state index in [-0.39, 0.29) is 5.82 Å². The highest BCUT2D eigenvalue weighted by Gasteiger charge is 2.29. The first-order valence-corrected chi connectivity index (χ1v) is 12.3. The summed E-state index contributed by atoms with van der Waals surface area (Å²) in [5.74, 6) is -0.356. The molecule has 2 fully saturated rings. The molecule has 3 aromatic rings. The molecule has 0 bridgehead atoms. The summed E-state index contributed by atoms with van der Waals surface area (Å²) in [5.41, 5.74) is 13.5. The molecule has 35 heavy (non-hydrogen) atoms. The van der Waals surface area contributed by atoms with Crippen LogP contribution in [0, 0.1) is 5.95 Å². The van der Waals surface area contributed by atoms with Crippen LogP contribution in [-0.4, -0.2) is 61.9 Å². The van der Waals surface area contributed by atoms with Crippen molar-refractivity contribution in [3.05, 3.63) is 72.2 Å². The van der Waals surface area contributed by atoms with Crippen molar-refractivity contribution in [2.24, 2.45) is 0 Å². The molecule has 0 aliphatic carbocycles. The first kappa shape index (κ1) is 22.1. The van der Waals surface area contributed by atoms with Crippen LogP contribution in [-0.2, 0) is 11.2 Å². The van der Waals surface area contributed by atoms with Gasteiger partial charge in [0.2, 0.25) is 5.95 Å². The van der Waals surface area contributed by atoms with Gasteiger partial charge in [-0.2, -0.15) is 4.39 Å². The van der Waals surface area contributed by atoms with Gasteiger partial charge in [-0.3, -0.25) is 4.90 Å². The minimum Gasteiger partial charge on any atom is -0.385 e. The van der Waals surface area contributed by atoms with E-state index in [0.717, 1.165) is 86.0 Å². The van der Waals surface area contributed by atoms with Crippen LogP contribution in [0.4, 0.5) is 15.9 Å². The number of hydrogen-bond donors (Lipinski definition) is 2. The fourth-order valence-electron chi connectivity index (χ4n) is 5.48. The summed E-state index contributed by atoms with van der Waals surface area (Å²) in [6.45, 7) is 10.5. The number of hydrogen-bond acceptors (Lipinski definition) is 6. The van der Waals surface area contributed by atoms with E-state index in [0.29, 0.717) is 11.6 Å². The zero-order valence-corrected chi connectivity index (χ0v) is 19.8. The Kier molecular flexibility index (Phi) is 5.66. The topological polar surface area (TPSA) is 66.6 Å². The minimum atomic E-state index is -0.553. The lowest BCUT2D eigenvalue weighted by molar-refractivity contribution is -0.0116. The van der Waals surface area contributed by atoms with E-state index in [2.05, 4.69) is 44.9 Å². The van der Waals surface area contributed by atoms with Gasteiger partial charge in [-0.1, -0.05) is 36.9 Å². The maximum atomic E-state index is 15.0. The number of halogens is 1. The average Bonchev–Trinajstić information content (AvgIpc) is 2.89. The molecule has 0 spiro atoms. The lowest BCUT2D eigenvalue weighted by Gasteiger charge is -2.44. The molecule has 3 aliphatic rings. The number of nitrogens with one attached hydrogen (secondary N) is 1. The van der Waals surface area contributed by atoms with Crippen molar-refractivity contribution >= 4 is 17.2 Å². The second-order valence-electron chi connectivity index (χ2n) is 9.54. The molecule has 4 heterocycles. The van der Waals surface area contributed by atoms with E-state index in [1.165, 1.54) is 5.56 Å². The SMILES string of the molecule is C=C1NCCc2cc(-c3cc(-c4ccc(N5CCN6CCOCC6C5)cc4)c(F)nc3N)ccc21. The Morgan fingerprint density at radius 2 is 1.83 bits per heavy atom. The van der Waals surface area contributed by atoms with Gasteiger partial charge in [0, 0.05) is 60.8 Å². The van der Waals surface area contributed by atoms with E-state index in [1.807, 2.05) is 30.3 Å². The van der Waals surface area contributed by atoms with E-state index in [9.17, 15) is 4.39 Å². The predicted octanol–water partition coefficient (Wildman–Crippen LogP) is 3.77. The minimum absolute atomic E-state index is 0.197. The molecule has 6 rings (SSSR count). The van der Waals surface area contributed by atoms with Crippen LogP contribution >= 0.6 is 0 Å². The van der Waals surface area contributed by atoms with Crippen LogP contribution < -0.4 is 16.0 Å². The number of morpholine rings is 1. The molecule has 0 radical (unpaired) electrons. The van der Waals surface area contributed by atoms with Gasteiger partial charge >= 0.3 is 0 Å². The smallest absolute Gasteiger partial charge is 0.222 e. The van der Waals surface area contributed by atoms with Gasteiger partial charge in [0.1, 0.15) is 5.82 Å². The molecule has 1 unspecified atom stereocenters. The third kappa shape index (κ3) is 4.15. The molecule has 2 aromatic carbocycles. The van der Waals surface area contributed by atoms with E-state index >= 15 is 0 Å². The monoisotopic (exact) mass is 471 g/mol. The van der Waals surface area contributed by atoms with E-state index in [1.54, 1.807) is 0 Å². The Balaban J connectivity index is 1.28. The van der Waals surface area contributed by atoms with E-state index in [4.69, 9.17) is 10.5 Å². The lowest BCUT2D eigenvalue weighted by Crippen LogP contribution is -2.58. The lowest BCUT2D eigenvalue weighted by atomic mass is 9.93. The zero-order chi connectivity index (χ0) is 23.9. The molecule has 0 amide bonds. The molecule has 3 aliphatic heterocycles. The number of nitrogens with zero attached hydrogens (tertiary/aromatic N) is 3. The summed E-state index contributed by atoms with van der Waals surface area (Å²) in [5, 5.41) is 3.30. The molecule has 2 saturated heterocycles. The van der Waals surface area contributed by atoms with Gasteiger partial charge in [0.05, 0.1) is 19.3 Å². The van der Waals surface area contributed by atoms with Crippen molar-refractivity contribution in [1.82, 2.24) is 15.2 Å². The summed E-state index contributed by atoms with van der Waals surface area (Å²) in [6.07, 6.45) is 0.909. The maximum absolute atomic E-state index is 15.0. The molecular weight excluding hydrogens is 441 g/mol. The highest BCUT2D eigenvalue weighted by Crippen LogP contribution is 2.35. The largest absolute Gasteiger partial charge is 0.385 e. The third-order valence-corrected chi connectivity index (χ3v) is 7.46. The number of nitrogens with two attached hydrogens (primary N) is 1. The fraction of sp³-hybridized carbons (Fsp3) is 0.321. The summed E-state index contributed by atoms with van der Waals surface area (Å²) in [4.78, 5) is 8.96. The normalized spacial score (nSPS) is 20.2. The van der Waals surface area contributed by atoms with Gasteiger partial charge in [-0.25, -0.2) is 4.98 Å². The highest BCUT2D eigenvalue weighted by molar-refractivity contribution is 5.82. The fourth-order valence-corrected chi connectivity index (χ4v) is 5.48. The molecule has 1 aromatic heterocycles. The molecule has 7 heteroatoms. The van der Waals surface area contributed by atoms with E-state index < -0.39 is 5.95 Å². The average molecular weight is 472 g/mol. The van der Waals surface area contributed by atoms with Crippen LogP contribution in [0.5, 0.6) is 0 Å². The van der Waals surface area contributed by atoms with Crippen LogP contribution in [0.3, 0.4) is 0 Å². The van der Waals surface area contributed by atoms with Gasteiger partial charge in [-0.05, 0) is 41.3 Å². The maximum Gasteiger partial charge on any atom is 0.222 e. The summed E-state index contributed by atoms with van der Waals surface area (Å²) in [6, 6.07) is 16.5.